The van der Waals surface area contributed by atoms with Gasteiger partial charge in [-0.1, -0.05) is 0 Å². The number of anilines is 1. The second-order valence-electron chi connectivity index (χ2n) is 2.38. The Morgan fingerprint density at radius 2 is 2.00 bits per heavy atom. The zero-order valence-corrected chi connectivity index (χ0v) is 6.94. The van der Waals surface area contributed by atoms with Crippen molar-refractivity contribution < 1.29 is 0 Å². The smallest absolute Gasteiger partial charge is 0.271 e. The van der Waals surface area contributed by atoms with Crippen molar-refractivity contribution >= 4 is 29.0 Å². The van der Waals surface area contributed by atoms with Gasteiger partial charge in [0.25, 0.3) is 5.56 Å². The van der Waals surface area contributed by atoms with E-state index in [1.165, 1.54) is 0 Å². The van der Waals surface area contributed by atoms with Crippen molar-refractivity contribution in [3.63, 3.8) is 0 Å². The lowest BCUT2D eigenvalue weighted by molar-refractivity contribution is 1.08. The van der Waals surface area contributed by atoms with Crippen LogP contribution in [0.25, 0.3) is 10.9 Å². The second-order valence-corrected chi connectivity index (χ2v) is 2.38. The molecule has 0 spiro atoms. The molecule has 64 valence electrons. The molecule has 0 amide bonds. The van der Waals surface area contributed by atoms with E-state index in [0.29, 0.717) is 11.1 Å². The predicted molar refractivity (Wildman–Crippen MR) is 50.6 cm³/mol. The standard InChI is InChI=1S/C7H7N3O.ClH/c8-4-1-2-5-6(3-4)9-10-7(5)11;/h1-3H,8H2,(H2,9,10,11);1H. The van der Waals surface area contributed by atoms with Gasteiger partial charge in [0.1, 0.15) is 0 Å². The van der Waals surface area contributed by atoms with Crippen LogP contribution in [-0.4, -0.2) is 10.2 Å². The summed E-state index contributed by atoms with van der Waals surface area (Å²) in [5.41, 5.74) is 6.78. The number of hydrogen-bond acceptors (Lipinski definition) is 2. The molecule has 0 saturated heterocycles. The quantitative estimate of drug-likeness (QED) is 0.533. The molecule has 4 N–H and O–H groups in total. The summed E-state index contributed by atoms with van der Waals surface area (Å²) >= 11 is 0. The van der Waals surface area contributed by atoms with Crippen LogP contribution in [0.3, 0.4) is 0 Å². The fraction of sp³-hybridized carbons (Fsp3) is 0. The number of hydrogen-bond donors (Lipinski definition) is 3. The van der Waals surface area contributed by atoms with Crippen LogP contribution in [-0.2, 0) is 0 Å². The summed E-state index contributed by atoms with van der Waals surface area (Å²) in [6.45, 7) is 0. The maximum absolute atomic E-state index is 11.0. The number of H-pyrrole nitrogens is 2. The first-order valence-electron chi connectivity index (χ1n) is 3.23. The number of rotatable bonds is 0. The highest BCUT2D eigenvalue weighted by atomic mass is 35.5. The molecule has 12 heavy (non-hydrogen) atoms. The van der Waals surface area contributed by atoms with Gasteiger partial charge in [0, 0.05) is 5.69 Å². The SMILES string of the molecule is Cl.Nc1ccc2c(=O)[nH][nH]c2c1. The van der Waals surface area contributed by atoms with Crippen molar-refractivity contribution in [2.24, 2.45) is 0 Å². The average molecular weight is 186 g/mol. The van der Waals surface area contributed by atoms with E-state index in [1.807, 2.05) is 0 Å². The van der Waals surface area contributed by atoms with Crippen LogP contribution < -0.4 is 11.3 Å². The fourth-order valence-electron chi connectivity index (χ4n) is 1.05. The highest BCUT2D eigenvalue weighted by Crippen LogP contribution is 2.09. The lowest BCUT2D eigenvalue weighted by Crippen LogP contribution is -1.96. The van der Waals surface area contributed by atoms with Crippen molar-refractivity contribution in [3.8, 4) is 0 Å². The molecule has 0 aliphatic carbocycles. The van der Waals surface area contributed by atoms with Gasteiger partial charge in [0.2, 0.25) is 0 Å². The molecule has 0 fully saturated rings. The summed E-state index contributed by atoms with van der Waals surface area (Å²) in [5, 5.41) is 5.82. The number of benzene rings is 1. The Balaban J connectivity index is 0.000000720. The minimum absolute atomic E-state index is 0. The summed E-state index contributed by atoms with van der Waals surface area (Å²) in [5.74, 6) is 0. The lowest BCUT2D eigenvalue weighted by Gasteiger charge is -1.89. The lowest BCUT2D eigenvalue weighted by atomic mass is 10.2. The molecule has 2 rings (SSSR count). The summed E-state index contributed by atoms with van der Waals surface area (Å²) < 4.78 is 0. The van der Waals surface area contributed by atoms with Gasteiger partial charge in [-0.3, -0.25) is 15.0 Å². The topological polar surface area (TPSA) is 74.7 Å². The molecule has 1 aromatic carbocycles. The second kappa shape index (κ2) is 2.91. The molecule has 0 radical (unpaired) electrons. The van der Waals surface area contributed by atoms with Gasteiger partial charge in [0.15, 0.2) is 0 Å². The third-order valence-corrected chi connectivity index (χ3v) is 1.60. The van der Waals surface area contributed by atoms with Gasteiger partial charge in [-0.05, 0) is 18.2 Å². The molecule has 0 unspecified atom stereocenters. The summed E-state index contributed by atoms with van der Waals surface area (Å²) in [4.78, 5) is 11.0. The molecule has 0 aliphatic rings. The number of nitrogens with two attached hydrogens (primary N) is 1. The Morgan fingerprint density at radius 3 is 2.75 bits per heavy atom. The normalized spacial score (nSPS) is 9.67. The Morgan fingerprint density at radius 1 is 1.25 bits per heavy atom. The third kappa shape index (κ3) is 1.16. The third-order valence-electron chi connectivity index (χ3n) is 1.60. The van der Waals surface area contributed by atoms with Crippen LogP contribution in [0.5, 0.6) is 0 Å². The summed E-state index contributed by atoms with van der Waals surface area (Å²) in [6, 6.07) is 5.11. The molecule has 4 nitrogen and oxygen atoms in total. The van der Waals surface area contributed by atoms with E-state index >= 15 is 0 Å². The molecule has 0 saturated carbocycles. The first-order valence-corrected chi connectivity index (χ1v) is 3.23. The monoisotopic (exact) mass is 185 g/mol. The highest BCUT2D eigenvalue weighted by molar-refractivity contribution is 5.85. The largest absolute Gasteiger partial charge is 0.399 e. The molecule has 1 heterocycles. The number of aromatic nitrogens is 2. The number of nitrogens with one attached hydrogen (secondary N) is 2. The van der Waals surface area contributed by atoms with E-state index in [2.05, 4.69) is 10.2 Å². The average Bonchev–Trinajstić information content (AvgIpc) is 2.32. The van der Waals surface area contributed by atoms with Crippen molar-refractivity contribution in [1.29, 1.82) is 0 Å². The number of halogens is 1. The van der Waals surface area contributed by atoms with Crippen LogP contribution >= 0.6 is 12.4 Å². The van der Waals surface area contributed by atoms with Crippen molar-refractivity contribution in [2.45, 2.75) is 0 Å². The minimum atomic E-state index is -0.111. The summed E-state index contributed by atoms with van der Waals surface area (Å²) in [6.07, 6.45) is 0. The Bertz CT molecular complexity index is 445. The molecule has 0 bridgehead atoms. The van der Waals surface area contributed by atoms with Crippen LogP contribution in [0, 0.1) is 0 Å². The van der Waals surface area contributed by atoms with E-state index in [1.54, 1.807) is 18.2 Å². The van der Waals surface area contributed by atoms with Crippen LogP contribution in [0.15, 0.2) is 23.0 Å². The van der Waals surface area contributed by atoms with Crippen molar-refractivity contribution in [3.05, 3.63) is 28.6 Å². The van der Waals surface area contributed by atoms with Gasteiger partial charge in [0.05, 0.1) is 10.9 Å². The first-order chi connectivity index (χ1) is 5.27. The molecule has 2 aromatic rings. The van der Waals surface area contributed by atoms with E-state index < -0.39 is 0 Å². The molecular formula is C7H8ClN3O. The van der Waals surface area contributed by atoms with Gasteiger partial charge in [-0.15, -0.1) is 12.4 Å². The van der Waals surface area contributed by atoms with E-state index in [0.717, 1.165) is 5.52 Å². The number of nitrogen functional groups attached to an aromatic ring is 1. The van der Waals surface area contributed by atoms with Crippen LogP contribution in [0.2, 0.25) is 0 Å². The van der Waals surface area contributed by atoms with Crippen molar-refractivity contribution in [1.82, 2.24) is 10.2 Å². The van der Waals surface area contributed by atoms with Crippen molar-refractivity contribution in [2.75, 3.05) is 5.73 Å². The van der Waals surface area contributed by atoms with Gasteiger partial charge < -0.3 is 5.73 Å². The first kappa shape index (κ1) is 8.67. The maximum Gasteiger partial charge on any atom is 0.271 e. The van der Waals surface area contributed by atoms with Gasteiger partial charge in [-0.2, -0.15) is 0 Å². The summed E-state index contributed by atoms with van der Waals surface area (Å²) in [7, 11) is 0. The predicted octanol–water partition coefficient (Wildman–Crippen LogP) is 0.860. The van der Waals surface area contributed by atoms with Gasteiger partial charge in [-0.25, -0.2) is 0 Å². The van der Waals surface area contributed by atoms with E-state index in [9.17, 15) is 4.79 Å². The molecular weight excluding hydrogens is 178 g/mol. The van der Waals surface area contributed by atoms with Gasteiger partial charge >= 0.3 is 0 Å². The number of aromatic amines is 2. The molecule has 0 aliphatic heterocycles. The molecule has 0 atom stereocenters. The van der Waals surface area contributed by atoms with Crippen LogP contribution in [0.4, 0.5) is 5.69 Å². The zero-order chi connectivity index (χ0) is 7.84. The Labute approximate surface area is 74.2 Å². The minimum Gasteiger partial charge on any atom is -0.399 e. The fourth-order valence-corrected chi connectivity index (χ4v) is 1.05. The Hall–Kier alpha value is -1.42. The molecule has 1 aromatic heterocycles. The van der Waals surface area contributed by atoms with E-state index in [4.69, 9.17) is 5.73 Å². The maximum atomic E-state index is 11.0. The Kier molecular flexibility index (Phi) is 2.10. The highest BCUT2D eigenvalue weighted by Gasteiger charge is 1.98. The zero-order valence-electron chi connectivity index (χ0n) is 6.13. The van der Waals surface area contributed by atoms with Crippen LogP contribution in [0.1, 0.15) is 0 Å². The molecule has 5 heteroatoms. The van der Waals surface area contributed by atoms with E-state index in [-0.39, 0.29) is 18.0 Å². The number of fused-ring (bicyclic) bond motifs is 1.